The van der Waals surface area contributed by atoms with Gasteiger partial charge in [-0.25, -0.2) is 8.78 Å². The van der Waals surface area contributed by atoms with Crippen LogP contribution in [-0.4, -0.2) is 19.7 Å². The maximum absolute atomic E-state index is 14.1. The fraction of sp³-hybridized carbons (Fsp3) is 0.333. The molecular weight excluding hydrogens is 300 g/mol. The number of piperidine rings is 1. The van der Waals surface area contributed by atoms with Gasteiger partial charge in [0.05, 0.1) is 6.61 Å². The maximum atomic E-state index is 14.1. The number of rotatable bonds is 5. The Morgan fingerprint density at radius 2 is 1.91 bits per heavy atom. The number of halogens is 2. The van der Waals surface area contributed by atoms with Gasteiger partial charge in [0.2, 0.25) is 0 Å². The molecule has 0 bridgehead atoms. The molecule has 2 aromatic carbocycles. The highest BCUT2D eigenvalue weighted by Crippen LogP contribution is 2.34. The lowest BCUT2D eigenvalue weighted by Gasteiger charge is -2.23. The molecule has 3 rings (SSSR count). The number of benzene rings is 2. The zero-order valence-electron chi connectivity index (χ0n) is 12.7. The normalized spacial score (nSPS) is 17.7. The molecule has 0 aliphatic carbocycles. The van der Waals surface area contributed by atoms with E-state index in [0.717, 1.165) is 25.9 Å². The van der Waals surface area contributed by atoms with Crippen LogP contribution in [-0.2, 0) is 0 Å². The summed E-state index contributed by atoms with van der Waals surface area (Å²) in [5.41, 5.74) is 0. The number of para-hydroxylation sites is 1. The minimum Gasteiger partial charge on any atom is -0.487 e. The molecule has 1 fully saturated rings. The van der Waals surface area contributed by atoms with Gasteiger partial charge in [-0.1, -0.05) is 6.07 Å². The lowest BCUT2D eigenvalue weighted by molar-refractivity contribution is 0.206. The van der Waals surface area contributed by atoms with Crippen LogP contribution in [0.4, 0.5) is 8.78 Å². The summed E-state index contributed by atoms with van der Waals surface area (Å²) in [7, 11) is 0. The molecule has 5 heteroatoms. The third-order valence-corrected chi connectivity index (χ3v) is 3.83. The molecular formula is C18H19F2NO2. The molecule has 1 N–H and O–H groups in total. The minimum atomic E-state index is -0.464. The maximum Gasteiger partial charge on any atom is 0.197 e. The van der Waals surface area contributed by atoms with Gasteiger partial charge in [0, 0.05) is 12.5 Å². The first-order chi connectivity index (χ1) is 11.2. The summed E-state index contributed by atoms with van der Waals surface area (Å²) in [6, 6.07) is 10.1. The van der Waals surface area contributed by atoms with Crippen LogP contribution in [0.2, 0.25) is 0 Å². The second-order valence-corrected chi connectivity index (χ2v) is 5.65. The molecule has 23 heavy (non-hydrogen) atoms. The minimum absolute atomic E-state index is 0.0994. The Kier molecular flexibility index (Phi) is 5.08. The molecule has 1 atom stereocenters. The first kappa shape index (κ1) is 15.7. The van der Waals surface area contributed by atoms with Crippen molar-refractivity contribution in [2.75, 3.05) is 19.7 Å². The number of hydrogen-bond donors (Lipinski definition) is 1. The van der Waals surface area contributed by atoms with Crippen LogP contribution in [0.3, 0.4) is 0 Å². The summed E-state index contributed by atoms with van der Waals surface area (Å²) in [5, 5.41) is 3.30. The first-order valence-corrected chi connectivity index (χ1v) is 7.78. The zero-order chi connectivity index (χ0) is 16.1. The van der Waals surface area contributed by atoms with E-state index in [0.29, 0.717) is 24.0 Å². The number of nitrogens with one attached hydrogen (secondary N) is 1. The van der Waals surface area contributed by atoms with Crippen molar-refractivity contribution in [3.63, 3.8) is 0 Å². The van der Waals surface area contributed by atoms with Crippen molar-refractivity contribution in [1.82, 2.24) is 5.32 Å². The Hall–Kier alpha value is -2.14. The van der Waals surface area contributed by atoms with Gasteiger partial charge < -0.3 is 14.8 Å². The summed E-state index contributed by atoms with van der Waals surface area (Å²) in [6.07, 6.45) is 2.17. The fourth-order valence-electron chi connectivity index (χ4n) is 2.61. The quantitative estimate of drug-likeness (QED) is 0.898. The van der Waals surface area contributed by atoms with E-state index in [1.807, 2.05) is 0 Å². The second kappa shape index (κ2) is 7.42. The predicted molar refractivity (Wildman–Crippen MR) is 84.0 cm³/mol. The van der Waals surface area contributed by atoms with Crippen LogP contribution < -0.4 is 14.8 Å². The zero-order valence-corrected chi connectivity index (χ0v) is 12.7. The molecule has 0 radical (unpaired) electrons. The van der Waals surface area contributed by atoms with E-state index in [1.54, 1.807) is 12.1 Å². The van der Waals surface area contributed by atoms with Crippen LogP contribution in [0.25, 0.3) is 0 Å². The molecule has 0 saturated carbocycles. The molecule has 1 saturated heterocycles. The lowest BCUT2D eigenvalue weighted by atomic mass is 10.0. The standard InChI is InChI=1S/C18H19F2NO2/c19-14-6-8-15(9-7-14)23-17-5-1-4-16(20)18(17)22-12-13-3-2-10-21-11-13/h1,4-9,13,21H,2-3,10-12H2. The van der Waals surface area contributed by atoms with Crippen molar-refractivity contribution in [1.29, 1.82) is 0 Å². The van der Waals surface area contributed by atoms with E-state index in [1.165, 1.54) is 30.3 Å². The van der Waals surface area contributed by atoms with E-state index in [4.69, 9.17) is 9.47 Å². The molecule has 1 aliphatic heterocycles. The third-order valence-electron chi connectivity index (χ3n) is 3.83. The van der Waals surface area contributed by atoms with Crippen molar-refractivity contribution >= 4 is 0 Å². The second-order valence-electron chi connectivity index (χ2n) is 5.65. The van der Waals surface area contributed by atoms with E-state index in [-0.39, 0.29) is 11.6 Å². The summed E-state index contributed by atoms with van der Waals surface area (Å²) in [6.45, 7) is 2.34. The largest absolute Gasteiger partial charge is 0.487 e. The molecule has 1 aliphatic rings. The van der Waals surface area contributed by atoms with E-state index >= 15 is 0 Å². The van der Waals surface area contributed by atoms with Crippen LogP contribution >= 0.6 is 0 Å². The molecule has 3 nitrogen and oxygen atoms in total. The van der Waals surface area contributed by atoms with E-state index < -0.39 is 5.82 Å². The van der Waals surface area contributed by atoms with Crippen molar-refractivity contribution in [3.8, 4) is 17.2 Å². The Morgan fingerprint density at radius 1 is 1.09 bits per heavy atom. The Labute approximate surface area is 134 Å². The SMILES string of the molecule is Fc1ccc(Oc2cccc(F)c2OCC2CCCNC2)cc1. The Morgan fingerprint density at radius 3 is 2.65 bits per heavy atom. The molecule has 2 aromatic rings. The summed E-state index contributed by atoms with van der Waals surface area (Å²) < 4.78 is 38.4. The summed E-state index contributed by atoms with van der Waals surface area (Å²) >= 11 is 0. The van der Waals surface area contributed by atoms with E-state index in [2.05, 4.69) is 5.32 Å². The van der Waals surface area contributed by atoms with Crippen LogP contribution in [0.15, 0.2) is 42.5 Å². The van der Waals surface area contributed by atoms with Crippen LogP contribution in [0.5, 0.6) is 17.2 Å². The third kappa shape index (κ3) is 4.20. The highest BCUT2D eigenvalue weighted by Gasteiger charge is 2.17. The van der Waals surface area contributed by atoms with Gasteiger partial charge in [-0.2, -0.15) is 0 Å². The van der Waals surface area contributed by atoms with Gasteiger partial charge in [-0.05, 0) is 55.8 Å². The average Bonchev–Trinajstić information content (AvgIpc) is 2.57. The molecule has 1 unspecified atom stereocenters. The van der Waals surface area contributed by atoms with Gasteiger partial charge >= 0.3 is 0 Å². The molecule has 122 valence electrons. The number of hydrogen-bond acceptors (Lipinski definition) is 3. The van der Waals surface area contributed by atoms with Crippen molar-refractivity contribution < 1.29 is 18.3 Å². The Balaban J connectivity index is 1.72. The lowest BCUT2D eigenvalue weighted by Crippen LogP contribution is -2.33. The Bertz CT molecular complexity index is 640. The van der Waals surface area contributed by atoms with Gasteiger partial charge in [0.15, 0.2) is 17.3 Å². The fourth-order valence-corrected chi connectivity index (χ4v) is 2.61. The molecule has 0 aromatic heterocycles. The highest BCUT2D eigenvalue weighted by atomic mass is 19.1. The highest BCUT2D eigenvalue weighted by molar-refractivity contribution is 5.43. The number of ether oxygens (including phenoxy) is 2. The van der Waals surface area contributed by atoms with Crippen molar-refractivity contribution in [2.45, 2.75) is 12.8 Å². The van der Waals surface area contributed by atoms with Gasteiger partial charge in [0.1, 0.15) is 11.6 Å². The predicted octanol–water partition coefficient (Wildman–Crippen LogP) is 4.14. The summed E-state index contributed by atoms with van der Waals surface area (Å²) in [5.74, 6) is 0.372. The van der Waals surface area contributed by atoms with Gasteiger partial charge in [0.25, 0.3) is 0 Å². The molecule has 0 amide bonds. The first-order valence-electron chi connectivity index (χ1n) is 7.78. The average molecular weight is 319 g/mol. The monoisotopic (exact) mass is 319 g/mol. The van der Waals surface area contributed by atoms with Crippen molar-refractivity contribution in [3.05, 3.63) is 54.1 Å². The van der Waals surface area contributed by atoms with Crippen LogP contribution in [0, 0.1) is 17.6 Å². The van der Waals surface area contributed by atoms with Crippen molar-refractivity contribution in [2.24, 2.45) is 5.92 Å². The van der Waals surface area contributed by atoms with Gasteiger partial charge in [-0.15, -0.1) is 0 Å². The smallest absolute Gasteiger partial charge is 0.197 e. The summed E-state index contributed by atoms with van der Waals surface area (Å²) in [4.78, 5) is 0. The molecule has 1 heterocycles. The topological polar surface area (TPSA) is 30.5 Å². The van der Waals surface area contributed by atoms with Crippen LogP contribution in [0.1, 0.15) is 12.8 Å². The van der Waals surface area contributed by atoms with Gasteiger partial charge in [-0.3, -0.25) is 0 Å². The van der Waals surface area contributed by atoms with E-state index in [9.17, 15) is 8.78 Å². The molecule has 0 spiro atoms.